The maximum atomic E-state index is 12.6. The zero-order valence-electron chi connectivity index (χ0n) is 16.6. The highest BCUT2D eigenvalue weighted by Crippen LogP contribution is 2.17. The Bertz CT molecular complexity index is 1080. The summed E-state index contributed by atoms with van der Waals surface area (Å²) in [4.78, 5) is 37.0. The van der Waals surface area contributed by atoms with Crippen LogP contribution in [0.2, 0.25) is 0 Å². The molecular weight excluding hydrogens is 382 g/mol. The Kier molecular flexibility index (Phi) is 7.00. The van der Waals surface area contributed by atoms with E-state index in [1.165, 1.54) is 10.6 Å². The molecular formula is C23H23N3O4. The molecule has 0 aliphatic heterocycles. The van der Waals surface area contributed by atoms with E-state index in [9.17, 15) is 14.4 Å². The van der Waals surface area contributed by atoms with Crippen molar-refractivity contribution in [2.24, 2.45) is 0 Å². The van der Waals surface area contributed by atoms with Crippen molar-refractivity contribution in [1.82, 2.24) is 15.4 Å². The fourth-order valence-electron chi connectivity index (χ4n) is 2.92. The van der Waals surface area contributed by atoms with Gasteiger partial charge in [-0.2, -0.15) is 0 Å². The summed E-state index contributed by atoms with van der Waals surface area (Å²) in [5, 5.41) is 0. The van der Waals surface area contributed by atoms with Gasteiger partial charge in [-0.15, -0.1) is 0 Å². The quantitative estimate of drug-likeness (QED) is 0.591. The van der Waals surface area contributed by atoms with Crippen molar-refractivity contribution in [3.63, 3.8) is 0 Å². The van der Waals surface area contributed by atoms with Gasteiger partial charge in [0.2, 0.25) is 0 Å². The normalized spacial score (nSPS) is 10.3. The average molecular weight is 405 g/mol. The van der Waals surface area contributed by atoms with Crippen LogP contribution < -0.4 is 21.1 Å². The zero-order valence-corrected chi connectivity index (χ0v) is 16.6. The van der Waals surface area contributed by atoms with Crippen molar-refractivity contribution in [3.8, 4) is 5.75 Å². The Balaban J connectivity index is 1.57. The lowest BCUT2D eigenvalue weighted by Crippen LogP contribution is -2.45. The number of aryl methyl sites for hydroxylation is 1. The molecule has 0 aliphatic carbocycles. The van der Waals surface area contributed by atoms with Crippen molar-refractivity contribution in [3.05, 3.63) is 100.0 Å². The molecule has 1 heterocycles. The summed E-state index contributed by atoms with van der Waals surface area (Å²) in [6, 6.07) is 19.9. The number of pyridine rings is 1. The molecule has 0 spiro atoms. The molecule has 2 amide bonds. The molecule has 0 radical (unpaired) electrons. The summed E-state index contributed by atoms with van der Waals surface area (Å²) in [7, 11) is 0. The Morgan fingerprint density at radius 3 is 2.43 bits per heavy atom. The molecule has 3 rings (SSSR count). The number of hydrazine groups is 1. The van der Waals surface area contributed by atoms with E-state index in [1.807, 2.05) is 55.5 Å². The topological polar surface area (TPSA) is 89.4 Å². The van der Waals surface area contributed by atoms with Gasteiger partial charge >= 0.3 is 0 Å². The molecule has 2 aromatic carbocycles. The predicted molar refractivity (Wildman–Crippen MR) is 113 cm³/mol. The summed E-state index contributed by atoms with van der Waals surface area (Å²) >= 11 is 0. The van der Waals surface area contributed by atoms with Crippen molar-refractivity contribution in [2.45, 2.75) is 19.9 Å². The number of nitrogens with one attached hydrogen (secondary N) is 2. The molecule has 3 aromatic rings. The Labute approximate surface area is 174 Å². The minimum atomic E-state index is -0.690. The van der Waals surface area contributed by atoms with Gasteiger partial charge in [0.25, 0.3) is 17.4 Å². The monoisotopic (exact) mass is 405 g/mol. The van der Waals surface area contributed by atoms with E-state index in [-0.39, 0.29) is 12.2 Å². The summed E-state index contributed by atoms with van der Waals surface area (Å²) in [6.45, 7) is 2.08. The van der Waals surface area contributed by atoms with Crippen LogP contribution in [0.15, 0.2) is 77.7 Å². The number of ether oxygens (including phenoxy) is 1. The minimum Gasteiger partial charge on any atom is -0.483 e. The molecule has 30 heavy (non-hydrogen) atoms. The molecule has 0 fully saturated rings. The molecule has 2 N–H and O–H groups in total. The van der Waals surface area contributed by atoms with Crippen LogP contribution in [0.25, 0.3) is 0 Å². The van der Waals surface area contributed by atoms with Gasteiger partial charge in [0.15, 0.2) is 6.61 Å². The molecule has 7 nitrogen and oxygen atoms in total. The second-order valence-corrected chi connectivity index (χ2v) is 6.59. The summed E-state index contributed by atoms with van der Waals surface area (Å²) in [5.41, 5.74) is 5.95. The van der Waals surface area contributed by atoms with E-state index in [1.54, 1.807) is 18.3 Å². The smallest absolute Gasteiger partial charge is 0.276 e. The molecule has 0 saturated carbocycles. The molecule has 0 saturated heterocycles. The van der Waals surface area contributed by atoms with Gasteiger partial charge in [-0.25, -0.2) is 0 Å². The molecule has 0 bridgehead atoms. The fourth-order valence-corrected chi connectivity index (χ4v) is 2.92. The van der Waals surface area contributed by atoms with E-state index in [2.05, 4.69) is 10.9 Å². The van der Waals surface area contributed by atoms with Crippen LogP contribution in [0, 0.1) is 0 Å². The molecule has 0 aliphatic rings. The first-order chi connectivity index (χ1) is 14.6. The van der Waals surface area contributed by atoms with Gasteiger partial charge in [0.1, 0.15) is 11.3 Å². The first-order valence-corrected chi connectivity index (χ1v) is 9.61. The zero-order chi connectivity index (χ0) is 21.3. The van der Waals surface area contributed by atoms with E-state index in [4.69, 9.17) is 4.74 Å². The minimum absolute atomic E-state index is 0.0639. The summed E-state index contributed by atoms with van der Waals surface area (Å²) < 4.78 is 6.95. The number of aromatic nitrogens is 1. The Hall–Kier alpha value is -3.87. The van der Waals surface area contributed by atoms with Crippen molar-refractivity contribution < 1.29 is 14.3 Å². The number of para-hydroxylation sites is 1. The second-order valence-electron chi connectivity index (χ2n) is 6.59. The number of nitrogens with zero attached hydrogens (tertiary/aromatic N) is 1. The van der Waals surface area contributed by atoms with Gasteiger partial charge in [0.05, 0.1) is 6.54 Å². The predicted octanol–water partition coefficient (Wildman–Crippen LogP) is 2.30. The van der Waals surface area contributed by atoms with Crippen molar-refractivity contribution in [2.75, 3.05) is 6.61 Å². The van der Waals surface area contributed by atoms with Crippen LogP contribution in [0.4, 0.5) is 0 Å². The average Bonchev–Trinajstić information content (AvgIpc) is 2.78. The lowest BCUT2D eigenvalue weighted by Gasteiger charge is -2.11. The number of hydrogen-bond donors (Lipinski definition) is 2. The van der Waals surface area contributed by atoms with Gasteiger partial charge in [-0.1, -0.05) is 55.5 Å². The summed E-state index contributed by atoms with van der Waals surface area (Å²) in [5.74, 6) is -0.604. The first kappa shape index (κ1) is 20.9. The number of rotatable bonds is 7. The number of benzene rings is 2. The fraction of sp³-hybridized carbons (Fsp3) is 0.174. The second kappa shape index (κ2) is 10.1. The van der Waals surface area contributed by atoms with Crippen LogP contribution in [-0.2, 0) is 17.8 Å². The molecule has 7 heteroatoms. The summed E-state index contributed by atoms with van der Waals surface area (Å²) in [6.07, 6.45) is 2.39. The van der Waals surface area contributed by atoms with Crippen molar-refractivity contribution >= 4 is 11.8 Å². The maximum absolute atomic E-state index is 12.6. The highest BCUT2D eigenvalue weighted by molar-refractivity contribution is 5.95. The number of carbonyl (C=O) groups is 2. The molecule has 154 valence electrons. The van der Waals surface area contributed by atoms with Gasteiger partial charge < -0.3 is 9.30 Å². The first-order valence-electron chi connectivity index (χ1n) is 9.61. The van der Waals surface area contributed by atoms with Crippen molar-refractivity contribution in [1.29, 1.82) is 0 Å². The Morgan fingerprint density at radius 2 is 1.67 bits per heavy atom. The van der Waals surface area contributed by atoms with Crippen LogP contribution >= 0.6 is 0 Å². The lowest BCUT2D eigenvalue weighted by molar-refractivity contribution is -0.123. The largest absolute Gasteiger partial charge is 0.483 e. The third-order valence-electron chi connectivity index (χ3n) is 4.49. The number of hydrogen-bond acceptors (Lipinski definition) is 4. The van der Waals surface area contributed by atoms with Gasteiger partial charge in [0, 0.05) is 6.20 Å². The molecule has 1 aromatic heterocycles. The van der Waals surface area contributed by atoms with Gasteiger partial charge in [-0.05, 0) is 35.7 Å². The third kappa shape index (κ3) is 5.35. The highest BCUT2D eigenvalue weighted by Gasteiger charge is 2.13. The highest BCUT2D eigenvalue weighted by atomic mass is 16.5. The number of amides is 2. The van der Waals surface area contributed by atoms with E-state index >= 15 is 0 Å². The Morgan fingerprint density at radius 1 is 0.933 bits per heavy atom. The van der Waals surface area contributed by atoms with E-state index < -0.39 is 17.4 Å². The van der Waals surface area contributed by atoms with Gasteiger partial charge in [-0.3, -0.25) is 25.2 Å². The standard InChI is InChI=1S/C23H23N3O4/c1-2-18-11-6-7-13-20(18)30-16-21(27)24-25-22(28)19-12-8-14-26(23(19)29)15-17-9-4-3-5-10-17/h3-14H,2,15-16H2,1H3,(H,24,27)(H,25,28). The maximum Gasteiger partial charge on any atom is 0.276 e. The number of carbonyl (C=O) groups excluding carboxylic acids is 2. The lowest BCUT2D eigenvalue weighted by atomic mass is 10.1. The van der Waals surface area contributed by atoms with E-state index in [0.717, 1.165) is 17.5 Å². The molecule has 0 atom stereocenters. The van der Waals surface area contributed by atoms with Crippen LogP contribution in [0.3, 0.4) is 0 Å². The molecule has 0 unspecified atom stereocenters. The van der Waals surface area contributed by atoms with Crippen LogP contribution in [-0.4, -0.2) is 23.0 Å². The van der Waals surface area contributed by atoms with E-state index in [0.29, 0.717) is 12.3 Å². The SMILES string of the molecule is CCc1ccccc1OCC(=O)NNC(=O)c1cccn(Cc2ccccc2)c1=O. The van der Waals surface area contributed by atoms with Crippen LogP contribution in [0.1, 0.15) is 28.4 Å². The third-order valence-corrected chi connectivity index (χ3v) is 4.49. The van der Waals surface area contributed by atoms with Crippen LogP contribution in [0.5, 0.6) is 5.75 Å².